The number of fused-ring (bicyclic) bond motifs is 1. The van der Waals surface area contributed by atoms with E-state index in [4.69, 9.17) is 10.8 Å². The maximum Gasteiger partial charge on any atom is 0.220 e. The van der Waals surface area contributed by atoms with Crippen LogP contribution in [0.15, 0.2) is 33.8 Å². The summed E-state index contributed by atoms with van der Waals surface area (Å²) in [5.41, 5.74) is 12.5. The number of hydrogen-bond acceptors (Lipinski definition) is 7. The maximum atomic E-state index is 9.46. The quantitative estimate of drug-likeness (QED) is 0.285. The van der Waals surface area contributed by atoms with Gasteiger partial charge in [-0.2, -0.15) is 5.10 Å². The van der Waals surface area contributed by atoms with Crippen molar-refractivity contribution in [2.45, 2.75) is 39.4 Å². The average Bonchev–Trinajstić information content (AvgIpc) is 3.42. The first kappa shape index (κ1) is 24.0. The first-order chi connectivity index (χ1) is 15.6. The predicted octanol–water partition coefficient (Wildman–Crippen LogP) is 2.50. The molecule has 0 atom stereocenters. The molecule has 0 fully saturated rings. The van der Waals surface area contributed by atoms with E-state index in [1.807, 2.05) is 23.4 Å². The molecule has 2 aromatic heterocycles. The molecule has 2 heterocycles. The van der Waals surface area contributed by atoms with Crippen LogP contribution in [0.1, 0.15) is 36.6 Å². The Hall–Kier alpha value is -2.66. The van der Waals surface area contributed by atoms with Gasteiger partial charge in [-0.15, -0.1) is 11.3 Å². The van der Waals surface area contributed by atoms with Crippen molar-refractivity contribution < 1.29 is 5.11 Å². The molecule has 0 unspecified atom stereocenters. The molecule has 0 aliphatic heterocycles. The summed E-state index contributed by atoms with van der Waals surface area (Å²) in [5.74, 6) is 0.103. The minimum Gasteiger partial charge on any atom is -0.395 e. The molecular weight excluding hydrogens is 424 g/mol. The molecule has 0 saturated carbocycles. The minimum absolute atomic E-state index is 0.0974. The van der Waals surface area contributed by atoms with Crippen LogP contribution >= 0.6 is 11.3 Å². The normalized spacial score (nSPS) is 12.2. The van der Waals surface area contributed by atoms with Crippen molar-refractivity contribution >= 4 is 39.9 Å². The van der Waals surface area contributed by atoms with Crippen molar-refractivity contribution in [3.63, 3.8) is 0 Å². The van der Waals surface area contributed by atoms with Crippen LogP contribution in [-0.2, 0) is 19.6 Å². The van der Waals surface area contributed by atoms with Crippen LogP contribution in [0.4, 0.5) is 5.69 Å². The van der Waals surface area contributed by atoms with Gasteiger partial charge < -0.3 is 16.2 Å². The van der Waals surface area contributed by atoms with Gasteiger partial charge in [0.2, 0.25) is 5.96 Å². The summed E-state index contributed by atoms with van der Waals surface area (Å²) in [5, 5.41) is 17.5. The molecule has 1 aromatic carbocycles. The number of aliphatic hydroxyl groups is 1. The summed E-state index contributed by atoms with van der Waals surface area (Å²) >= 11 is 1.65. The number of aliphatic hydroxyl groups excluding tert-OH is 1. The topological polar surface area (TPSA) is 117 Å². The molecule has 0 bridgehead atoms. The molecule has 0 aliphatic rings. The lowest BCUT2D eigenvalue weighted by molar-refractivity contribution is 0.187. The van der Waals surface area contributed by atoms with Crippen molar-refractivity contribution in [3.8, 4) is 0 Å². The SMILES string of the molecule is C=NC(N)=Nc1cn(Cc2ccc(CNC)c3scnc23)nc1CN(CCO)CCCC. The number of aromatic nitrogens is 3. The van der Waals surface area contributed by atoms with Crippen LogP contribution in [0.2, 0.25) is 0 Å². The number of hydrogen-bond donors (Lipinski definition) is 3. The molecule has 0 aliphatic carbocycles. The number of nitrogens with zero attached hydrogens (tertiary/aromatic N) is 6. The number of thiazole rings is 1. The van der Waals surface area contributed by atoms with E-state index in [1.165, 1.54) is 10.3 Å². The first-order valence-electron chi connectivity index (χ1n) is 10.8. The van der Waals surface area contributed by atoms with Gasteiger partial charge in [-0.1, -0.05) is 25.5 Å². The number of rotatable bonds is 12. The Morgan fingerprint density at radius 1 is 1.34 bits per heavy atom. The molecule has 0 saturated heterocycles. The maximum absolute atomic E-state index is 9.46. The van der Waals surface area contributed by atoms with Crippen LogP contribution in [0.3, 0.4) is 0 Å². The van der Waals surface area contributed by atoms with Gasteiger partial charge in [-0.3, -0.25) is 9.58 Å². The fourth-order valence-electron chi connectivity index (χ4n) is 3.59. The third-order valence-corrected chi connectivity index (χ3v) is 6.08. The van der Waals surface area contributed by atoms with E-state index in [-0.39, 0.29) is 12.6 Å². The molecule has 0 radical (unpaired) electrons. The Morgan fingerprint density at radius 3 is 2.88 bits per heavy atom. The third kappa shape index (κ3) is 5.98. The Morgan fingerprint density at radius 2 is 2.16 bits per heavy atom. The predicted molar refractivity (Wildman–Crippen MR) is 132 cm³/mol. The Bertz CT molecular complexity index is 1060. The van der Waals surface area contributed by atoms with E-state index in [1.54, 1.807) is 11.3 Å². The van der Waals surface area contributed by atoms with E-state index in [0.717, 1.165) is 42.7 Å². The van der Waals surface area contributed by atoms with Crippen LogP contribution < -0.4 is 11.1 Å². The standard InChI is InChI=1S/C22H32N8OS/c1-4-5-8-29(9-10-31)13-19-18(27-22(23)25-3)14-30(28-19)12-17-7-6-16(11-24-2)21-20(17)26-15-32-21/h6-7,14-15,24,31H,3-5,8-13H2,1-2H3,(H2,23,27). The highest BCUT2D eigenvalue weighted by atomic mass is 32.1. The third-order valence-electron chi connectivity index (χ3n) is 5.18. The zero-order chi connectivity index (χ0) is 22.9. The van der Waals surface area contributed by atoms with Gasteiger partial charge in [0, 0.05) is 25.2 Å². The van der Waals surface area contributed by atoms with Crippen LogP contribution in [0.5, 0.6) is 0 Å². The summed E-state index contributed by atoms with van der Waals surface area (Å²) in [6, 6.07) is 4.25. The number of benzene rings is 1. The molecule has 9 nitrogen and oxygen atoms in total. The monoisotopic (exact) mass is 456 g/mol. The van der Waals surface area contributed by atoms with Gasteiger partial charge in [-0.25, -0.2) is 15.0 Å². The molecule has 0 spiro atoms. The Kier molecular flexibility index (Phi) is 8.86. The van der Waals surface area contributed by atoms with E-state index >= 15 is 0 Å². The van der Waals surface area contributed by atoms with Crippen molar-refractivity contribution in [2.75, 3.05) is 26.7 Å². The first-order valence-corrected chi connectivity index (χ1v) is 11.7. The molecule has 0 amide bonds. The smallest absolute Gasteiger partial charge is 0.220 e. The van der Waals surface area contributed by atoms with E-state index < -0.39 is 0 Å². The van der Waals surface area contributed by atoms with E-state index in [0.29, 0.717) is 25.3 Å². The number of unbranched alkanes of at least 4 members (excludes halogenated alkanes) is 1. The molecule has 172 valence electrons. The zero-order valence-electron chi connectivity index (χ0n) is 18.8. The van der Waals surface area contributed by atoms with Crippen LogP contribution in [-0.4, -0.2) is 64.2 Å². The van der Waals surface area contributed by atoms with Gasteiger partial charge in [0.25, 0.3) is 0 Å². The fraction of sp³-hybridized carbons (Fsp3) is 0.455. The largest absolute Gasteiger partial charge is 0.395 e. The lowest BCUT2D eigenvalue weighted by Gasteiger charge is -2.20. The lowest BCUT2D eigenvalue weighted by Crippen LogP contribution is -2.28. The molecule has 3 aromatic rings. The second-order valence-electron chi connectivity index (χ2n) is 7.58. The minimum atomic E-state index is 0.0974. The van der Waals surface area contributed by atoms with Gasteiger partial charge in [-0.05, 0) is 32.3 Å². The summed E-state index contributed by atoms with van der Waals surface area (Å²) in [4.78, 5) is 14.9. The number of nitrogens with one attached hydrogen (secondary N) is 1. The van der Waals surface area contributed by atoms with Gasteiger partial charge in [0.05, 0.1) is 35.1 Å². The molecule has 32 heavy (non-hydrogen) atoms. The molecule has 10 heteroatoms. The van der Waals surface area contributed by atoms with Gasteiger partial charge in [0.15, 0.2) is 0 Å². The number of guanidine groups is 1. The van der Waals surface area contributed by atoms with Crippen molar-refractivity contribution in [1.82, 2.24) is 25.0 Å². The highest BCUT2D eigenvalue weighted by molar-refractivity contribution is 7.17. The fourth-order valence-corrected chi connectivity index (χ4v) is 4.44. The zero-order valence-corrected chi connectivity index (χ0v) is 19.6. The van der Waals surface area contributed by atoms with Crippen molar-refractivity contribution in [3.05, 3.63) is 40.7 Å². The highest BCUT2D eigenvalue weighted by Gasteiger charge is 2.16. The van der Waals surface area contributed by atoms with Crippen molar-refractivity contribution in [1.29, 1.82) is 0 Å². The highest BCUT2D eigenvalue weighted by Crippen LogP contribution is 2.27. The van der Waals surface area contributed by atoms with E-state index in [2.05, 4.69) is 51.0 Å². The summed E-state index contributed by atoms with van der Waals surface area (Å²) in [6.45, 7) is 9.11. The van der Waals surface area contributed by atoms with Gasteiger partial charge >= 0.3 is 0 Å². The Balaban J connectivity index is 1.91. The van der Waals surface area contributed by atoms with Crippen LogP contribution in [0, 0.1) is 0 Å². The average molecular weight is 457 g/mol. The van der Waals surface area contributed by atoms with Crippen molar-refractivity contribution in [2.24, 2.45) is 15.7 Å². The lowest BCUT2D eigenvalue weighted by atomic mass is 10.1. The summed E-state index contributed by atoms with van der Waals surface area (Å²) < 4.78 is 3.06. The second-order valence-corrected chi connectivity index (χ2v) is 8.44. The van der Waals surface area contributed by atoms with Crippen LogP contribution in [0.25, 0.3) is 10.2 Å². The number of aliphatic imine (C=N–C) groups is 2. The van der Waals surface area contributed by atoms with Gasteiger partial charge in [0.1, 0.15) is 11.4 Å². The summed E-state index contributed by atoms with van der Waals surface area (Å²) in [6.07, 6.45) is 4.02. The Labute approximate surface area is 192 Å². The molecule has 3 rings (SSSR count). The molecular formula is C22H32N8OS. The number of nitrogens with two attached hydrogens (primary N) is 1. The molecule has 4 N–H and O–H groups in total. The summed E-state index contributed by atoms with van der Waals surface area (Å²) in [7, 11) is 1.94. The second kappa shape index (κ2) is 11.8. The van der Waals surface area contributed by atoms with E-state index in [9.17, 15) is 5.11 Å².